The quantitative estimate of drug-likeness (QED) is 0.681. The zero-order chi connectivity index (χ0) is 14.0. The molecule has 0 fully saturated rings. The van der Waals surface area contributed by atoms with Crippen LogP contribution in [0.5, 0.6) is 5.75 Å². The molecule has 2 nitrogen and oxygen atoms in total. The van der Waals surface area contributed by atoms with E-state index in [9.17, 15) is 0 Å². The van der Waals surface area contributed by atoms with Crippen molar-refractivity contribution in [2.45, 2.75) is 38.7 Å². The smallest absolute Gasteiger partial charge is 0.119 e. The Kier molecular flexibility index (Phi) is 6.39. The van der Waals surface area contributed by atoms with Crippen molar-refractivity contribution in [2.75, 3.05) is 6.61 Å². The summed E-state index contributed by atoms with van der Waals surface area (Å²) in [6.07, 6.45) is 15.0. The van der Waals surface area contributed by atoms with Crippen LogP contribution < -0.4 is 4.74 Å². The number of allylic oxidation sites excluding steroid dienone is 4. The predicted molar refractivity (Wildman–Crippen MR) is 82.7 cm³/mol. The lowest BCUT2D eigenvalue weighted by atomic mass is 10.0. The largest absolute Gasteiger partial charge is 0.494 e. The second-order valence-corrected chi connectivity index (χ2v) is 5.29. The Morgan fingerprint density at radius 1 is 0.900 bits per heavy atom. The summed E-state index contributed by atoms with van der Waals surface area (Å²) in [6, 6.07) is 7.64. The highest BCUT2D eigenvalue weighted by atomic mass is 16.5. The molecule has 1 aromatic carbocycles. The SMILES string of the molecule is OCc1ccc(OCCCCCCC2C=CC=C2)cc1. The molecule has 0 bridgehead atoms. The molecule has 108 valence electrons. The summed E-state index contributed by atoms with van der Waals surface area (Å²) in [4.78, 5) is 0. The molecular weight excluding hydrogens is 248 g/mol. The Balaban J connectivity index is 1.48. The van der Waals surface area contributed by atoms with Gasteiger partial charge in [0.15, 0.2) is 0 Å². The van der Waals surface area contributed by atoms with Crippen molar-refractivity contribution in [2.24, 2.45) is 5.92 Å². The summed E-state index contributed by atoms with van der Waals surface area (Å²) in [7, 11) is 0. The minimum atomic E-state index is 0.0889. The van der Waals surface area contributed by atoms with Gasteiger partial charge in [-0.05, 0) is 36.5 Å². The fraction of sp³-hybridized carbons (Fsp3) is 0.444. The van der Waals surface area contributed by atoms with Crippen molar-refractivity contribution < 1.29 is 9.84 Å². The molecule has 0 heterocycles. The predicted octanol–water partition coefficient (Wildman–Crippen LogP) is 4.25. The van der Waals surface area contributed by atoms with Crippen LogP contribution in [0.1, 0.15) is 37.7 Å². The van der Waals surface area contributed by atoms with Gasteiger partial charge in [-0.15, -0.1) is 0 Å². The number of ether oxygens (including phenoxy) is 1. The number of rotatable bonds is 9. The molecule has 0 spiro atoms. The second kappa shape index (κ2) is 8.60. The first kappa shape index (κ1) is 14.9. The lowest BCUT2D eigenvalue weighted by Crippen LogP contribution is -1.98. The van der Waals surface area contributed by atoms with Gasteiger partial charge < -0.3 is 9.84 Å². The molecule has 0 unspecified atom stereocenters. The van der Waals surface area contributed by atoms with Crippen LogP contribution in [0.25, 0.3) is 0 Å². The summed E-state index contributed by atoms with van der Waals surface area (Å²) >= 11 is 0. The number of aliphatic hydroxyl groups excluding tert-OH is 1. The van der Waals surface area contributed by atoms with E-state index in [0.29, 0.717) is 5.92 Å². The van der Waals surface area contributed by atoms with E-state index in [2.05, 4.69) is 24.3 Å². The zero-order valence-electron chi connectivity index (χ0n) is 12.0. The van der Waals surface area contributed by atoms with Crippen molar-refractivity contribution >= 4 is 0 Å². The highest BCUT2D eigenvalue weighted by molar-refractivity contribution is 5.26. The molecular formula is C18H24O2. The minimum Gasteiger partial charge on any atom is -0.494 e. The fourth-order valence-electron chi connectivity index (χ4n) is 2.39. The molecule has 1 N–H and O–H groups in total. The maximum Gasteiger partial charge on any atom is 0.119 e. The van der Waals surface area contributed by atoms with Gasteiger partial charge in [-0.3, -0.25) is 0 Å². The third-order valence-corrected chi connectivity index (χ3v) is 3.63. The van der Waals surface area contributed by atoms with Gasteiger partial charge in [0.1, 0.15) is 5.75 Å². The highest BCUT2D eigenvalue weighted by Gasteiger charge is 2.02. The molecule has 1 aliphatic rings. The monoisotopic (exact) mass is 272 g/mol. The maximum atomic E-state index is 8.95. The van der Waals surface area contributed by atoms with Crippen LogP contribution in [0.4, 0.5) is 0 Å². The fourth-order valence-corrected chi connectivity index (χ4v) is 2.39. The average Bonchev–Trinajstić information content (AvgIpc) is 3.00. The van der Waals surface area contributed by atoms with Crippen LogP contribution in [-0.2, 0) is 6.61 Å². The Morgan fingerprint density at radius 3 is 2.30 bits per heavy atom. The average molecular weight is 272 g/mol. The van der Waals surface area contributed by atoms with E-state index in [4.69, 9.17) is 9.84 Å². The Bertz CT molecular complexity index is 419. The molecule has 1 aliphatic carbocycles. The van der Waals surface area contributed by atoms with Crippen molar-refractivity contribution in [3.63, 3.8) is 0 Å². The lowest BCUT2D eigenvalue weighted by Gasteiger charge is -2.07. The molecule has 0 atom stereocenters. The molecule has 0 amide bonds. The zero-order valence-corrected chi connectivity index (χ0v) is 12.0. The van der Waals surface area contributed by atoms with Crippen LogP contribution in [0, 0.1) is 5.92 Å². The van der Waals surface area contributed by atoms with Gasteiger partial charge in [0.2, 0.25) is 0 Å². The molecule has 1 aromatic rings. The van der Waals surface area contributed by atoms with E-state index in [-0.39, 0.29) is 6.61 Å². The van der Waals surface area contributed by atoms with E-state index in [1.165, 1.54) is 25.7 Å². The van der Waals surface area contributed by atoms with E-state index in [0.717, 1.165) is 24.3 Å². The van der Waals surface area contributed by atoms with Gasteiger partial charge in [0, 0.05) is 0 Å². The van der Waals surface area contributed by atoms with E-state index in [1.54, 1.807) is 0 Å². The molecule has 2 heteroatoms. The van der Waals surface area contributed by atoms with Crippen molar-refractivity contribution in [1.82, 2.24) is 0 Å². The lowest BCUT2D eigenvalue weighted by molar-refractivity contribution is 0.281. The summed E-state index contributed by atoms with van der Waals surface area (Å²) in [6.45, 7) is 0.868. The molecule has 0 saturated carbocycles. The van der Waals surface area contributed by atoms with E-state index in [1.807, 2.05) is 24.3 Å². The first-order valence-corrected chi connectivity index (χ1v) is 7.56. The molecule has 2 rings (SSSR count). The highest BCUT2D eigenvalue weighted by Crippen LogP contribution is 2.17. The van der Waals surface area contributed by atoms with E-state index < -0.39 is 0 Å². The summed E-state index contributed by atoms with van der Waals surface area (Å²) < 4.78 is 5.68. The summed E-state index contributed by atoms with van der Waals surface area (Å²) in [5.74, 6) is 1.57. The molecule has 0 saturated heterocycles. The van der Waals surface area contributed by atoms with Gasteiger partial charge in [0.25, 0.3) is 0 Å². The summed E-state index contributed by atoms with van der Waals surface area (Å²) in [5.41, 5.74) is 0.923. The first-order valence-electron chi connectivity index (χ1n) is 7.56. The number of unbranched alkanes of at least 4 members (excludes halogenated alkanes) is 3. The minimum absolute atomic E-state index is 0.0889. The summed E-state index contributed by atoms with van der Waals surface area (Å²) in [5, 5.41) is 8.95. The van der Waals surface area contributed by atoms with Gasteiger partial charge >= 0.3 is 0 Å². The number of hydrogen-bond acceptors (Lipinski definition) is 2. The standard InChI is InChI=1S/C18H24O2/c19-15-17-10-12-18(13-11-17)20-14-6-2-1-3-7-16-8-4-5-9-16/h4-5,8-13,16,19H,1-3,6-7,14-15H2. The number of hydrogen-bond donors (Lipinski definition) is 1. The maximum absolute atomic E-state index is 8.95. The topological polar surface area (TPSA) is 29.5 Å². The van der Waals surface area contributed by atoms with Gasteiger partial charge in [-0.25, -0.2) is 0 Å². The molecule has 0 aromatic heterocycles. The third kappa shape index (κ3) is 5.22. The van der Waals surface area contributed by atoms with Crippen molar-refractivity contribution in [3.8, 4) is 5.75 Å². The van der Waals surface area contributed by atoms with Gasteiger partial charge in [0.05, 0.1) is 13.2 Å². The second-order valence-electron chi connectivity index (χ2n) is 5.29. The Labute approximate surface area is 121 Å². The van der Waals surface area contributed by atoms with Gasteiger partial charge in [-0.1, -0.05) is 55.7 Å². The Hall–Kier alpha value is -1.54. The van der Waals surface area contributed by atoms with Crippen LogP contribution in [0.3, 0.4) is 0 Å². The molecule has 0 radical (unpaired) electrons. The van der Waals surface area contributed by atoms with Crippen LogP contribution in [0.2, 0.25) is 0 Å². The van der Waals surface area contributed by atoms with Gasteiger partial charge in [-0.2, -0.15) is 0 Å². The van der Waals surface area contributed by atoms with E-state index >= 15 is 0 Å². The molecule has 20 heavy (non-hydrogen) atoms. The normalized spacial score (nSPS) is 14.1. The number of benzene rings is 1. The first-order chi connectivity index (χ1) is 9.88. The van der Waals surface area contributed by atoms with Crippen LogP contribution in [-0.4, -0.2) is 11.7 Å². The van der Waals surface area contributed by atoms with Crippen molar-refractivity contribution in [1.29, 1.82) is 0 Å². The Morgan fingerprint density at radius 2 is 1.60 bits per heavy atom. The van der Waals surface area contributed by atoms with Crippen LogP contribution in [0.15, 0.2) is 48.6 Å². The third-order valence-electron chi connectivity index (χ3n) is 3.63. The number of aliphatic hydroxyl groups is 1. The van der Waals surface area contributed by atoms with Crippen LogP contribution >= 0.6 is 0 Å². The molecule has 0 aliphatic heterocycles. The van der Waals surface area contributed by atoms with Crippen molar-refractivity contribution in [3.05, 3.63) is 54.1 Å².